The molecule has 1 amide bonds. The van der Waals surface area contributed by atoms with E-state index in [0.717, 1.165) is 36.3 Å². The largest absolute Gasteiger partial charge is 0.497 e. The fourth-order valence-corrected chi connectivity index (χ4v) is 2.36. The second-order valence-corrected chi connectivity index (χ2v) is 5.25. The van der Waals surface area contributed by atoms with Gasteiger partial charge in [0.2, 0.25) is 0 Å². The molecule has 0 spiro atoms. The lowest BCUT2D eigenvalue weighted by Gasteiger charge is -2.06. The Morgan fingerprint density at radius 3 is 2.86 bits per heavy atom. The summed E-state index contributed by atoms with van der Waals surface area (Å²) in [7, 11) is 3.45. The Kier molecular flexibility index (Phi) is 5.58. The van der Waals surface area contributed by atoms with E-state index in [-0.39, 0.29) is 5.91 Å². The van der Waals surface area contributed by atoms with E-state index in [1.165, 1.54) is 0 Å². The molecule has 0 radical (unpaired) electrons. The van der Waals surface area contributed by atoms with Crippen LogP contribution < -0.4 is 10.1 Å². The Morgan fingerprint density at radius 1 is 1.32 bits per heavy atom. The minimum atomic E-state index is -0.0831. The number of amides is 1. The average molecular weight is 301 g/mol. The summed E-state index contributed by atoms with van der Waals surface area (Å²) in [5, 5.41) is 7.29. The predicted octanol–water partition coefficient (Wildman–Crippen LogP) is 2.35. The third kappa shape index (κ3) is 4.10. The molecular formula is C17H23N3O2. The number of hydrogen-bond donors (Lipinski definition) is 1. The Morgan fingerprint density at radius 2 is 2.14 bits per heavy atom. The highest BCUT2D eigenvalue weighted by Crippen LogP contribution is 2.12. The Hall–Kier alpha value is -2.30. The van der Waals surface area contributed by atoms with Crippen LogP contribution in [0.15, 0.2) is 30.3 Å². The van der Waals surface area contributed by atoms with Crippen molar-refractivity contribution in [3.05, 3.63) is 47.3 Å². The van der Waals surface area contributed by atoms with Gasteiger partial charge in [-0.2, -0.15) is 5.10 Å². The molecule has 0 fully saturated rings. The highest BCUT2D eigenvalue weighted by molar-refractivity contribution is 5.92. The third-order valence-electron chi connectivity index (χ3n) is 3.50. The minimum absolute atomic E-state index is 0.0831. The number of nitrogens with one attached hydrogen (secondary N) is 1. The predicted molar refractivity (Wildman–Crippen MR) is 86.2 cm³/mol. The van der Waals surface area contributed by atoms with Crippen LogP contribution in [0.3, 0.4) is 0 Å². The molecule has 2 aromatic rings. The van der Waals surface area contributed by atoms with Crippen LogP contribution in [-0.2, 0) is 19.9 Å². The van der Waals surface area contributed by atoms with Crippen LogP contribution in [0.4, 0.5) is 0 Å². The Labute approximate surface area is 131 Å². The molecule has 1 aromatic heterocycles. The number of aryl methyl sites for hydroxylation is 2. The number of methoxy groups -OCH3 is 1. The monoisotopic (exact) mass is 301 g/mol. The van der Waals surface area contributed by atoms with Crippen molar-refractivity contribution in [3.63, 3.8) is 0 Å². The van der Waals surface area contributed by atoms with Gasteiger partial charge in [-0.25, -0.2) is 0 Å². The van der Waals surface area contributed by atoms with Crippen LogP contribution in [0.1, 0.15) is 35.1 Å². The lowest BCUT2D eigenvalue weighted by molar-refractivity contribution is 0.0944. The van der Waals surface area contributed by atoms with E-state index in [9.17, 15) is 4.79 Å². The Bertz CT molecular complexity index is 635. The molecule has 118 valence electrons. The first-order chi connectivity index (χ1) is 10.6. The molecule has 0 aliphatic carbocycles. The number of nitrogens with zero attached hydrogens (tertiary/aromatic N) is 2. The Balaban J connectivity index is 1.89. The van der Waals surface area contributed by atoms with Crippen LogP contribution in [0.25, 0.3) is 0 Å². The summed E-state index contributed by atoms with van der Waals surface area (Å²) in [6, 6.07) is 9.74. The van der Waals surface area contributed by atoms with Gasteiger partial charge in [0.25, 0.3) is 5.91 Å². The average Bonchev–Trinajstić information content (AvgIpc) is 2.88. The van der Waals surface area contributed by atoms with Crippen LogP contribution in [-0.4, -0.2) is 29.3 Å². The summed E-state index contributed by atoms with van der Waals surface area (Å²) < 4.78 is 6.84. The summed E-state index contributed by atoms with van der Waals surface area (Å²) in [4.78, 5) is 12.2. The molecule has 1 heterocycles. The maximum absolute atomic E-state index is 12.2. The van der Waals surface area contributed by atoms with Gasteiger partial charge in [-0.05, 0) is 36.6 Å². The lowest BCUT2D eigenvalue weighted by atomic mass is 10.1. The van der Waals surface area contributed by atoms with Crippen LogP contribution in [0, 0.1) is 0 Å². The summed E-state index contributed by atoms with van der Waals surface area (Å²) in [6.45, 7) is 2.68. The maximum atomic E-state index is 12.2. The van der Waals surface area contributed by atoms with Crippen LogP contribution in [0.5, 0.6) is 5.75 Å². The molecule has 0 atom stereocenters. The van der Waals surface area contributed by atoms with Crippen molar-refractivity contribution in [3.8, 4) is 5.75 Å². The van der Waals surface area contributed by atoms with Gasteiger partial charge >= 0.3 is 0 Å². The van der Waals surface area contributed by atoms with Crippen molar-refractivity contribution in [1.29, 1.82) is 0 Å². The lowest BCUT2D eigenvalue weighted by Crippen LogP contribution is -2.27. The first-order valence-electron chi connectivity index (χ1n) is 7.58. The second-order valence-electron chi connectivity index (χ2n) is 5.25. The molecule has 1 N–H and O–H groups in total. The molecule has 0 aliphatic heterocycles. The van der Waals surface area contributed by atoms with E-state index in [1.807, 2.05) is 30.3 Å². The van der Waals surface area contributed by atoms with Gasteiger partial charge in [-0.15, -0.1) is 0 Å². The standard InChI is InChI=1S/C17H23N3O2/c1-4-6-14-12-16(20(2)19-14)17(21)18-10-9-13-7-5-8-15(11-13)22-3/h5,7-8,11-12H,4,6,9-10H2,1-3H3,(H,18,21). The fraction of sp³-hybridized carbons (Fsp3) is 0.412. The van der Waals surface area contributed by atoms with Gasteiger partial charge in [0.05, 0.1) is 12.8 Å². The zero-order valence-corrected chi connectivity index (χ0v) is 13.4. The maximum Gasteiger partial charge on any atom is 0.269 e. The zero-order chi connectivity index (χ0) is 15.9. The number of benzene rings is 1. The van der Waals surface area contributed by atoms with E-state index in [1.54, 1.807) is 18.8 Å². The summed E-state index contributed by atoms with van der Waals surface area (Å²) in [6.07, 6.45) is 2.68. The summed E-state index contributed by atoms with van der Waals surface area (Å²) in [5.74, 6) is 0.750. The molecule has 0 unspecified atom stereocenters. The van der Waals surface area contributed by atoms with E-state index in [4.69, 9.17) is 4.74 Å². The van der Waals surface area contributed by atoms with Crippen molar-refractivity contribution < 1.29 is 9.53 Å². The second kappa shape index (κ2) is 7.64. The van der Waals surface area contributed by atoms with E-state index < -0.39 is 0 Å². The number of aromatic nitrogens is 2. The smallest absolute Gasteiger partial charge is 0.269 e. The van der Waals surface area contributed by atoms with Crippen molar-refractivity contribution in [1.82, 2.24) is 15.1 Å². The molecule has 5 heteroatoms. The first kappa shape index (κ1) is 16.1. The van der Waals surface area contributed by atoms with Crippen molar-refractivity contribution in [2.45, 2.75) is 26.2 Å². The first-order valence-corrected chi connectivity index (χ1v) is 7.58. The number of ether oxygens (including phenoxy) is 1. The van der Waals surface area contributed by atoms with E-state index in [2.05, 4.69) is 17.3 Å². The molecule has 22 heavy (non-hydrogen) atoms. The van der Waals surface area contributed by atoms with Crippen LogP contribution in [0.2, 0.25) is 0 Å². The van der Waals surface area contributed by atoms with Crippen molar-refractivity contribution in [2.75, 3.05) is 13.7 Å². The van der Waals surface area contributed by atoms with Gasteiger partial charge in [-0.1, -0.05) is 25.5 Å². The molecule has 2 rings (SSSR count). The minimum Gasteiger partial charge on any atom is -0.497 e. The highest BCUT2D eigenvalue weighted by Gasteiger charge is 2.12. The van der Waals surface area contributed by atoms with Gasteiger partial charge in [-0.3, -0.25) is 9.48 Å². The molecule has 0 saturated heterocycles. The van der Waals surface area contributed by atoms with E-state index in [0.29, 0.717) is 12.2 Å². The zero-order valence-electron chi connectivity index (χ0n) is 13.4. The molecule has 1 aromatic carbocycles. The van der Waals surface area contributed by atoms with Crippen LogP contribution >= 0.6 is 0 Å². The van der Waals surface area contributed by atoms with Crippen molar-refractivity contribution in [2.24, 2.45) is 7.05 Å². The molecule has 0 aliphatic rings. The number of carbonyl (C=O) groups excluding carboxylic acids is 1. The number of carbonyl (C=O) groups is 1. The highest BCUT2D eigenvalue weighted by atomic mass is 16.5. The van der Waals surface area contributed by atoms with Gasteiger partial charge in [0, 0.05) is 13.6 Å². The van der Waals surface area contributed by atoms with Crippen molar-refractivity contribution >= 4 is 5.91 Å². The number of hydrogen-bond acceptors (Lipinski definition) is 3. The van der Waals surface area contributed by atoms with E-state index >= 15 is 0 Å². The normalized spacial score (nSPS) is 10.5. The molecular weight excluding hydrogens is 278 g/mol. The summed E-state index contributed by atoms with van der Waals surface area (Å²) >= 11 is 0. The fourth-order valence-electron chi connectivity index (χ4n) is 2.36. The molecule has 0 saturated carbocycles. The number of rotatable bonds is 7. The topological polar surface area (TPSA) is 56.1 Å². The summed E-state index contributed by atoms with van der Waals surface area (Å²) in [5.41, 5.74) is 2.70. The SMILES string of the molecule is CCCc1cc(C(=O)NCCc2cccc(OC)c2)n(C)n1. The van der Waals surface area contributed by atoms with Gasteiger partial charge in [0.1, 0.15) is 11.4 Å². The van der Waals surface area contributed by atoms with Gasteiger partial charge in [0.15, 0.2) is 0 Å². The molecule has 0 bridgehead atoms. The molecule has 5 nitrogen and oxygen atoms in total. The van der Waals surface area contributed by atoms with Gasteiger partial charge < -0.3 is 10.1 Å². The quantitative estimate of drug-likeness (QED) is 0.854. The third-order valence-corrected chi connectivity index (χ3v) is 3.50.